The highest BCUT2D eigenvalue weighted by Crippen LogP contribution is 2.31. The van der Waals surface area contributed by atoms with Gasteiger partial charge in [0.2, 0.25) is 0 Å². The minimum absolute atomic E-state index is 0.253. The minimum Gasteiger partial charge on any atom is -0.329 e. The minimum atomic E-state index is 0.253. The Hall–Kier alpha value is 0.230. The van der Waals surface area contributed by atoms with Gasteiger partial charge in [0.05, 0.1) is 0 Å². The average Bonchev–Trinajstić information content (AvgIpc) is 2.34. The molecule has 0 aromatic carbocycles. The SMILES string of the molecule is CC(C)CN(CCN(C)C)C1(CN)CCCSC1. The quantitative estimate of drug-likeness (QED) is 0.766. The lowest BCUT2D eigenvalue weighted by Gasteiger charge is -2.46. The van der Waals surface area contributed by atoms with Crippen LogP contribution in [0.15, 0.2) is 0 Å². The molecule has 1 aliphatic rings. The maximum Gasteiger partial charge on any atom is 0.0422 e. The fraction of sp³-hybridized carbons (Fsp3) is 1.00. The normalized spacial score (nSPS) is 25.3. The zero-order valence-electron chi connectivity index (χ0n) is 12.6. The van der Waals surface area contributed by atoms with Gasteiger partial charge in [-0.25, -0.2) is 0 Å². The van der Waals surface area contributed by atoms with Crippen molar-refractivity contribution >= 4 is 11.8 Å². The molecule has 18 heavy (non-hydrogen) atoms. The molecule has 0 aromatic heterocycles. The van der Waals surface area contributed by atoms with E-state index in [1.54, 1.807) is 0 Å². The van der Waals surface area contributed by atoms with E-state index in [4.69, 9.17) is 5.73 Å². The number of nitrogens with two attached hydrogens (primary N) is 1. The van der Waals surface area contributed by atoms with Crippen LogP contribution in [-0.2, 0) is 0 Å². The fourth-order valence-electron chi connectivity index (χ4n) is 2.66. The highest BCUT2D eigenvalue weighted by atomic mass is 32.2. The molecule has 1 fully saturated rings. The molecule has 0 aliphatic carbocycles. The Balaban J connectivity index is 2.70. The third kappa shape index (κ3) is 4.72. The molecule has 1 atom stereocenters. The van der Waals surface area contributed by atoms with Crippen molar-refractivity contribution in [3.8, 4) is 0 Å². The van der Waals surface area contributed by atoms with Crippen molar-refractivity contribution in [2.75, 3.05) is 51.8 Å². The van der Waals surface area contributed by atoms with Gasteiger partial charge in [0.1, 0.15) is 0 Å². The lowest BCUT2D eigenvalue weighted by molar-refractivity contribution is 0.0809. The van der Waals surface area contributed by atoms with Crippen molar-refractivity contribution in [3.05, 3.63) is 0 Å². The van der Waals surface area contributed by atoms with Crippen molar-refractivity contribution in [1.82, 2.24) is 9.80 Å². The summed E-state index contributed by atoms with van der Waals surface area (Å²) in [5.41, 5.74) is 6.41. The van der Waals surface area contributed by atoms with Gasteiger partial charge in [-0.3, -0.25) is 4.90 Å². The summed E-state index contributed by atoms with van der Waals surface area (Å²) in [6.07, 6.45) is 2.59. The number of rotatable bonds is 7. The molecule has 0 spiro atoms. The number of hydrogen-bond donors (Lipinski definition) is 1. The summed E-state index contributed by atoms with van der Waals surface area (Å²) in [5, 5.41) is 0. The lowest BCUT2D eigenvalue weighted by atomic mass is 9.92. The zero-order chi connectivity index (χ0) is 13.6. The molecule has 108 valence electrons. The van der Waals surface area contributed by atoms with E-state index in [0.717, 1.165) is 19.6 Å². The van der Waals surface area contributed by atoms with Crippen LogP contribution in [0.5, 0.6) is 0 Å². The third-order valence-corrected chi connectivity index (χ3v) is 5.07. The smallest absolute Gasteiger partial charge is 0.0422 e. The van der Waals surface area contributed by atoms with E-state index >= 15 is 0 Å². The van der Waals surface area contributed by atoms with E-state index in [1.165, 1.54) is 30.9 Å². The van der Waals surface area contributed by atoms with Crippen molar-refractivity contribution < 1.29 is 0 Å². The molecule has 0 amide bonds. The Bertz CT molecular complexity index is 225. The van der Waals surface area contributed by atoms with E-state index in [2.05, 4.69) is 49.5 Å². The molecular weight excluding hydrogens is 242 g/mol. The monoisotopic (exact) mass is 273 g/mol. The second-order valence-corrected chi connectivity index (χ2v) is 7.33. The average molecular weight is 273 g/mol. The van der Waals surface area contributed by atoms with Gasteiger partial charge in [0, 0.05) is 37.5 Å². The zero-order valence-corrected chi connectivity index (χ0v) is 13.4. The molecule has 0 bridgehead atoms. The van der Waals surface area contributed by atoms with Gasteiger partial charge in [-0.15, -0.1) is 0 Å². The van der Waals surface area contributed by atoms with E-state index in [1.807, 2.05) is 0 Å². The van der Waals surface area contributed by atoms with Crippen LogP contribution >= 0.6 is 11.8 Å². The Morgan fingerprint density at radius 2 is 2.00 bits per heavy atom. The Morgan fingerprint density at radius 3 is 2.44 bits per heavy atom. The third-order valence-electron chi connectivity index (χ3n) is 3.75. The summed E-state index contributed by atoms with van der Waals surface area (Å²) < 4.78 is 0. The molecule has 0 saturated carbocycles. The van der Waals surface area contributed by atoms with Crippen LogP contribution in [0.3, 0.4) is 0 Å². The first-order chi connectivity index (χ1) is 8.50. The van der Waals surface area contributed by atoms with E-state index in [-0.39, 0.29) is 5.54 Å². The molecule has 3 nitrogen and oxygen atoms in total. The lowest BCUT2D eigenvalue weighted by Crippen LogP contribution is -2.59. The number of thioether (sulfide) groups is 1. The summed E-state index contributed by atoms with van der Waals surface area (Å²) in [7, 11) is 4.30. The van der Waals surface area contributed by atoms with Crippen molar-refractivity contribution in [2.45, 2.75) is 32.2 Å². The van der Waals surface area contributed by atoms with Crippen LogP contribution in [0.4, 0.5) is 0 Å². The largest absolute Gasteiger partial charge is 0.329 e. The van der Waals surface area contributed by atoms with E-state index in [9.17, 15) is 0 Å². The summed E-state index contributed by atoms with van der Waals surface area (Å²) in [6, 6.07) is 0. The molecular formula is C14H31N3S. The molecule has 1 saturated heterocycles. The molecule has 1 heterocycles. The van der Waals surface area contributed by atoms with E-state index < -0.39 is 0 Å². The van der Waals surface area contributed by atoms with Crippen molar-refractivity contribution in [2.24, 2.45) is 11.7 Å². The van der Waals surface area contributed by atoms with Gasteiger partial charge < -0.3 is 10.6 Å². The first-order valence-electron chi connectivity index (χ1n) is 7.18. The van der Waals surface area contributed by atoms with Crippen LogP contribution < -0.4 is 5.73 Å². The van der Waals surface area contributed by atoms with Crippen molar-refractivity contribution in [1.29, 1.82) is 0 Å². The van der Waals surface area contributed by atoms with Crippen LogP contribution in [-0.4, -0.2) is 67.1 Å². The predicted octanol–water partition coefficient (Wildman–Crippen LogP) is 1.73. The molecule has 1 unspecified atom stereocenters. The molecule has 1 rings (SSSR count). The first-order valence-corrected chi connectivity index (χ1v) is 8.33. The summed E-state index contributed by atoms with van der Waals surface area (Å²) in [5.74, 6) is 3.23. The van der Waals surface area contributed by atoms with E-state index in [0.29, 0.717) is 5.92 Å². The Morgan fingerprint density at radius 1 is 1.28 bits per heavy atom. The summed E-state index contributed by atoms with van der Waals surface area (Å²) in [6.45, 7) is 8.86. The van der Waals surface area contributed by atoms with Crippen molar-refractivity contribution in [3.63, 3.8) is 0 Å². The van der Waals surface area contributed by atoms with Crippen LogP contribution in [0.2, 0.25) is 0 Å². The molecule has 4 heteroatoms. The van der Waals surface area contributed by atoms with Crippen LogP contribution in [0.25, 0.3) is 0 Å². The highest BCUT2D eigenvalue weighted by molar-refractivity contribution is 7.99. The van der Waals surface area contributed by atoms with Gasteiger partial charge in [-0.05, 0) is 38.6 Å². The molecule has 1 aliphatic heterocycles. The summed E-state index contributed by atoms with van der Waals surface area (Å²) in [4.78, 5) is 4.94. The standard InChI is InChI=1S/C14H31N3S/c1-13(2)10-17(8-7-16(3)4)14(11-15)6-5-9-18-12-14/h13H,5-12,15H2,1-4H3. The first kappa shape index (κ1) is 16.3. The predicted molar refractivity (Wildman–Crippen MR) is 83.3 cm³/mol. The second kappa shape index (κ2) is 7.73. The van der Waals surface area contributed by atoms with Crippen LogP contribution in [0.1, 0.15) is 26.7 Å². The maximum absolute atomic E-state index is 6.15. The second-order valence-electron chi connectivity index (χ2n) is 6.23. The number of likely N-dealkylation sites (N-methyl/N-ethyl adjacent to an activating group) is 1. The van der Waals surface area contributed by atoms with Gasteiger partial charge in [0.15, 0.2) is 0 Å². The van der Waals surface area contributed by atoms with Gasteiger partial charge in [-0.1, -0.05) is 13.8 Å². The Labute approximate surface area is 117 Å². The molecule has 0 radical (unpaired) electrons. The van der Waals surface area contributed by atoms with Gasteiger partial charge >= 0.3 is 0 Å². The summed E-state index contributed by atoms with van der Waals surface area (Å²) >= 11 is 2.08. The number of nitrogens with zero attached hydrogens (tertiary/aromatic N) is 2. The highest BCUT2D eigenvalue weighted by Gasteiger charge is 2.37. The number of hydrogen-bond acceptors (Lipinski definition) is 4. The molecule has 0 aromatic rings. The topological polar surface area (TPSA) is 32.5 Å². The fourth-order valence-corrected chi connectivity index (χ4v) is 3.98. The molecule has 2 N–H and O–H groups in total. The van der Waals surface area contributed by atoms with Crippen LogP contribution in [0, 0.1) is 5.92 Å². The Kier molecular flexibility index (Phi) is 6.99. The van der Waals surface area contributed by atoms with Gasteiger partial charge in [0.25, 0.3) is 0 Å². The van der Waals surface area contributed by atoms with Gasteiger partial charge in [-0.2, -0.15) is 11.8 Å². The maximum atomic E-state index is 6.15.